The second-order valence-corrected chi connectivity index (χ2v) is 6.66. The molecule has 0 saturated heterocycles. The number of carbonyl (C=O) groups is 1. The number of carbonyl (C=O) groups excluding carboxylic acids is 1. The lowest BCUT2D eigenvalue weighted by Crippen LogP contribution is -2.30. The molecule has 1 aromatic carbocycles. The minimum Gasteiger partial charge on any atom is -0.479 e. The molecule has 27 heavy (non-hydrogen) atoms. The molecule has 1 amide bonds. The van der Waals surface area contributed by atoms with Crippen LogP contribution in [0.5, 0.6) is 5.75 Å². The van der Waals surface area contributed by atoms with Crippen molar-refractivity contribution in [2.45, 2.75) is 32.9 Å². The van der Waals surface area contributed by atoms with E-state index < -0.39 is 6.10 Å². The summed E-state index contributed by atoms with van der Waals surface area (Å²) in [5, 5.41) is 7.61. The van der Waals surface area contributed by atoms with Gasteiger partial charge in [0.15, 0.2) is 11.9 Å². The molecule has 2 aromatic heterocycles. The van der Waals surface area contributed by atoms with Gasteiger partial charge in [0, 0.05) is 31.2 Å². The van der Waals surface area contributed by atoms with Gasteiger partial charge in [0.25, 0.3) is 5.91 Å². The molecule has 2 heterocycles. The highest BCUT2D eigenvalue weighted by Gasteiger charge is 2.17. The number of rotatable bonds is 7. The highest BCUT2D eigenvalue weighted by Crippen LogP contribution is 2.26. The van der Waals surface area contributed by atoms with Crippen molar-refractivity contribution in [3.63, 3.8) is 0 Å². The molecule has 7 heteroatoms. The molecule has 0 radical (unpaired) electrons. The summed E-state index contributed by atoms with van der Waals surface area (Å²) in [7, 11) is 0. The fourth-order valence-electron chi connectivity index (χ4n) is 2.52. The zero-order chi connectivity index (χ0) is 19.2. The summed E-state index contributed by atoms with van der Waals surface area (Å²) >= 11 is 6.12. The lowest BCUT2D eigenvalue weighted by molar-refractivity contribution is -0.122. The Kier molecular flexibility index (Phi) is 6.08. The van der Waals surface area contributed by atoms with Crippen LogP contribution in [-0.4, -0.2) is 26.8 Å². The molecule has 0 spiro atoms. The van der Waals surface area contributed by atoms with Gasteiger partial charge in [0.1, 0.15) is 5.75 Å². The van der Waals surface area contributed by atoms with Crippen molar-refractivity contribution in [1.82, 2.24) is 14.8 Å². The number of pyridine rings is 1. The van der Waals surface area contributed by atoms with E-state index in [-0.39, 0.29) is 5.91 Å². The standard InChI is InChI=1S/C20H21ClN4O2/c1-14-3-4-17(21)18(13-14)27-15(2)20(26)23-19-8-12-25(24-19)11-7-16-5-9-22-10-6-16/h3-6,8-10,12-13,15H,7,11H2,1-2H3,(H,23,24,26). The van der Waals surface area contributed by atoms with Crippen molar-refractivity contribution in [3.05, 3.63) is 71.1 Å². The van der Waals surface area contributed by atoms with Crippen LogP contribution in [0, 0.1) is 6.92 Å². The molecule has 0 saturated carbocycles. The van der Waals surface area contributed by atoms with E-state index in [2.05, 4.69) is 15.4 Å². The van der Waals surface area contributed by atoms with E-state index in [1.54, 1.807) is 42.2 Å². The van der Waals surface area contributed by atoms with Crippen LogP contribution in [-0.2, 0) is 17.8 Å². The Balaban J connectivity index is 1.54. The molecular weight excluding hydrogens is 364 g/mol. The van der Waals surface area contributed by atoms with Crippen molar-refractivity contribution in [2.24, 2.45) is 0 Å². The lowest BCUT2D eigenvalue weighted by Gasteiger charge is -2.15. The third kappa shape index (κ3) is 5.31. The average Bonchev–Trinajstić information content (AvgIpc) is 3.11. The van der Waals surface area contributed by atoms with Gasteiger partial charge in [-0.05, 0) is 55.7 Å². The Morgan fingerprint density at radius 3 is 2.81 bits per heavy atom. The molecule has 0 bridgehead atoms. The van der Waals surface area contributed by atoms with Crippen LogP contribution in [0.3, 0.4) is 0 Å². The highest BCUT2D eigenvalue weighted by molar-refractivity contribution is 6.32. The zero-order valence-electron chi connectivity index (χ0n) is 15.2. The minimum absolute atomic E-state index is 0.285. The van der Waals surface area contributed by atoms with Crippen LogP contribution in [0.1, 0.15) is 18.1 Å². The number of nitrogens with zero attached hydrogens (tertiary/aromatic N) is 3. The Morgan fingerprint density at radius 1 is 1.26 bits per heavy atom. The molecule has 0 aliphatic carbocycles. The van der Waals surface area contributed by atoms with Crippen LogP contribution in [0.15, 0.2) is 55.0 Å². The Bertz CT molecular complexity index is 911. The number of amides is 1. The first-order valence-electron chi connectivity index (χ1n) is 8.67. The van der Waals surface area contributed by atoms with Crippen molar-refractivity contribution < 1.29 is 9.53 Å². The minimum atomic E-state index is -0.703. The van der Waals surface area contributed by atoms with Gasteiger partial charge in [-0.1, -0.05) is 17.7 Å². The highest BCUT2D eigenvalue weighted by atomic mass is 35.5. The fourth-order valence-corrected chi connectivity index (χ4v) is 2.68. The number of aryl methyl sites for hydroxylation is 3. The van der Waals surface area contributed by atoms with Gasteiger partial charge in [-0.25, -0.2) is 0 Å². The predicted molar refractivity (Wildman–Crippen MR) is 105 cm³/mol. The summed E-state index contributed by atoms with van der Waals surface area (Å²) in [6.07, 6.45) is 5.51. The van der Waals surface area contributed by atoms with Crippen LogP contribution >= 0.6 is 11.6 Å². The molecule has 1 unspecified atom stereocenters. The quantitative estimate of drug-likeness (QED) is 0.671. The van der Waals surface area contributed by atoms with Crippen molar-refractivity contribution in [3.8, 4) is 5.75 Å². The summed E-state index contributed by atoms with van der Waals surface area (Å²) in [5.41, 5.74) is 2.19. The van der Waals surface area contributed by atoms with Gasteiger partial charge < -0.3 is 10.1 Å². The molecule has 1 atom stereocenters. The number of aromatic nitrogens is 3. The van der Waals surface area contributed by atoms with E-state index in [1.807, 2.05) is 31.3 Å². The Labute approximate surface area is 163 Å². The SMILES string of the molecule is Cc1ccc(Cl)c(OC(C)C(=O)Nc2ccn(CCc3ccncc3)n2)c1. The molecule has 140 valence electrons. The van der Waals surface area contributed by atoms with E-state index in [4.69, 9.17) is 16.3 Å². The van der Waals surface area contributed by atoms with Gasteiger partial charge in [-0.2, -0.15) is 5.10 Å². The average molecular weight is 385 g/mol. The second kappa shape index (κ2) is 8.68. The normalized spacial score (nSPS) is 11.8. The van der Waals surface area contributed by atoms with E-state index in [1.165, 1.54) is 5.56 Å². The molecule has 0 aliphatic rings. The first kappa shape index (κ1) is 18.9. The topological polar surface area (TPSA) is 69.0 Å². The number of hydrogen-bond donors (Lipinski definition) is 1. The monoisotopic (exact) mass is 384 g/mol. The first-order valence-corrected chi connectivity index (χ1v) is 9.05. The van der Waals surface area contributed by atoms with Gasteiger partial charge in [0.05, 0.1) is 5.02 Å². The number of nitrogens with one attached hydrogen (secondary N) is 1. The van der Waals surface area contributed by atoms with Gasteiger partial charge in [0.2, 0.25) is 0 Å². The zero-order valence-corrected chi connectivity index (χ0v) is 16.0. The third-order valence-electron chi connectivity index (χ3n) is 4.03. The molecule has 0 aliphatic heterocycles. The maximum atomic E-state index is 12.4. The number of ether oxygens (including phenoxy) is 1. The molecular formula is C20H21ClN4O2. The van der Waals surface area contributed by atoms with Crippen LogP contribution in [0.4, 0.5) is 5.82 Å². The van der Waals surface area contributed by atoms with Crippen molar-refractivity contribution >= 4 is 23.3 Å². The summed E-state index contributed by atoms with van der Waals surface area (Å²) < 4.78 is 7.48. The molecule has 1 N–H and O–H groups in total. The number of halogens is 1. The van der Waals surface area contributed by atoms with E-state index in [0.717, 1.165) is 12.0 Å². The molecule has 0 fully saturated rings. The van der Waals surface area contributed by atoms with E-state index in [9.17, 15) is 4.79 Å². The summed E-state index contributed by atoms with van der Waals surface area (Å²) in [6.45, 7) is 4.33. The Morgan fingerprint density at radius 2 is 2.04 bits per heavy atom. The molecule has 6 nitrogen and oxygen atoms in total. The summed E-state index contributed by atoms with van der Waals surface area (Å²) in [6, 6.07) is 11.2. The van der Waals surface area contributed by atoms with Gasteiger partial charge in [-0.15, -0.1) is 0 Å². The van der Waals surface area contributed by atoms with Crippen LogP contribution in [0.25, 0.3) is 0 Å². The van der Waals surface area contributed by atoms with E-state index in [0.29, 0.717) is 23.1 Å². The predicted octanol–water partition coefficient (Wildman–Crippen LogP) is 3.89. The third-order valence-corrected chi connectivity index (χ3v) is 4.34. The largest absolute Gasteiger partial charge is 0.479 e. The van der Waals surface area contributed by atoms with Crippen molar-refractivity contribution in [2.75, 3.05) is 5.32 Å². The van der Waals surface area contributed by atoms with Gasteiger partial charge in [-0.3, -0.25) is 14.5 Å². The van der Waals surface area contributed by atoms with Crippen molar-refractivity contribution in [1.29, 1.82) is 0 Å². The maximum absolute atomic E-state index is 12.4. The molecule has 3 aromatic rings. The fraction of sp³-hybridized carbons (Fsp3) is 0.250. The van der Waals surface area contributed by atoms with Crippen LogP contribution < -0.4 is 10.1 Å². The van der Waals surface area contributed by atoms with Gasteiger partial charge >= 0.3 is 0 Å². The molecule has 3 rings (SSSR count). The van der Waals surface area contributed by atoms with E-state index >= 15 is 0 Å². The number of anilines is 1. The lowest BCUT2D eigenvalue weighted by atomic mass is 10.2. The smallest absolute Gasteiger partial charge is 0.266 e. The first-order chi connectivity index (χ1) is 13.0. The summed E-state index contributed by atoms with van der Waals surface area (Å²) in [4.78, 5) is 16.4. The number of hydrogen-bond acceptors (Lipinski definition) is 4. The second-order valence-electron chi connectivity index (χ2n) is 6.25. The maximum Gasteiger partial charge on any atom is 0.266 e. The summed E-state index contributed by atoms with van der Waals surface area (Å²) in [5.74, 6) is 0.690. The Hall–Kier alpha value is -2.86. The van der Waals surface area contributed by atoms with Crippen LogP contribution in [0.2, 0.25) is 5.02 Å². The number of benzene rings is 1.